The molecule has 1 atom stereocenters. The normalized spacial score (nSPS) is 14.8. The van der Waals surface area contributed by atoms with Gasteiger partial charge in [-0.3, -0.25) is 19.5 Å². The first kappa shape index (κ1) is 48.2. The summed E-state index contributed by atoms with van der Waals surface area (Å²) in [5.41, 5.74) is 8.78. The highest BCUT2D eigenvalue weighted by Gasteiger charge is 2.37. The smallest absolute Gasteiger partial charge is 0.261 e. The molecule has 68 heavy (non-hydrogen) atoms. The number of benzene rings is 5. The van der Waals surface area contributed by atoms with E-state index in [1.165, 1.54) is 0 Å². The van der Waals surface area contributed by atoms with Crippen LogP contribution < -0.4 is 39.0 Å². The molecule has 0 radical (unpaired) electrons. The van der Waals surface area contributed by atoms with E-state index in [2.05, 4.69) is 48.3 Å². The van der Waals surface area contributed by atoms with Gasteiger partial charge < -0.3 is 48.3 Å². The van der Waals surface area contributed by atoms with Gasteiger partial charge in [0.1, 0.15) is 13.2 Å². The molecule has 0 aliphatic carbocycles. The molecule has 3 aliphatic heterocycles. The van der Waals surface area contributed by atoms with Gasteiger partial charge in [0.2, 0.25) is 0 Å². The molecule has 0 unspecified atom stereocenters. The van der Waals surface area contributed by atoms with E-state index in [-0.39, 0.29) is 35.8 Å². The molecule has 5 aromatic carbocycles. The van der Waals surface area contributed by atoms with E-state index in [4.69, 9.17) is 50.8 Å². The number of methoxy groups -OCH3 is 3. The van der Waals surface area contributed by atoms with E-state index in [9.17, 15) is 9.59 Å². The second-order valence-corrected chi connectivity index (χ2v) is 18.8. The van der Waals surface area contributed by atoms with E-state index < -0.39 is 0 Å². The summed E-state index contributed by atoms with van der Waals surface area (Å²) in [5, 5.41) is 3.21. The Morgan fingerprint density at radius 2 is 1.44 bits per heavy atom. The maximum atomic E-state index is 14.1. The summed E-state index contributed by atoms with van der Waals surface area (Å²) in [7, 11) is 6.57. The molecule has 0 fully saturated rings. The van der Waals surface area contributed by atoms with Crippen LogP contribution in [0.5, 0.6) is 23.0 Å². The Bertz CT molecular complexity index is 2630. The van der Waals surface area contributed by atoms with Gasteiger partial charge in [-0.25, -0.2) is 0 Å². The fourth-order valence-electron chi connectivity index (χ4n) is 8.92. The van der Waals surface area contributed by atoms with Gasteiger partial charge in [0.15, 0.2) is 23.0 Å². The molecule has 0 bridgehead atoms. The lowest BCUT2D eigenvalue weighted by Gasteiger charge is -2.32. The van der Waals surface area contributed by atoms with Crippen LogP contribution in [0.1, 0.15) is 56.8 Å². The fourth-order valence-corrected chi connectivity index (χ4v) is 9.09. The maximum absolute atomic E-state index is 14.1. The minimum absolute atomic E-state index is 0.119. The van der Waals surface area contributed by atoms with Gasteiger partial charge in [0, 0.05) is 80.4 Å². The lowest BCUT2D eigenvalue weighted by Crippen LogP contribution is -2.37. The number of amides is 2. The van der Waals surface area contributed by atoms with Gasteiger partial charge in [-0.1, -0.05) is 36.4 Å². The standard InChI is InChI=1S/C53H61N5O9S/c1-53(2,68)34-56(17-18-64-21-22-65-20-19-61-4)39-24-35(32-66-49-29-43(54-3)41(27-47(49)62-5)51(59)57-16-15-37-11-7-9-13-45(37)57)23-36(25-39)33-67-50-30-44-42(28-48(50)63-6)52(60)58-40(31-55-44)26-38-12-8-10-14-46(38)58/h7-14,23-25,27-31,40,54,68H,15-22,26,32-34H2,1-6H3/t40-/m0/s1. The summed E-state index contributed by atoms with van der Waals surface area (Å²) in [6.45, 7) is 8.68. The van der Waals surface area contributed by atoms with E-state index in [0.29, 0.717) is 105 Å². The Hall–Kier alpha value is -6.26. The van der Waals surface area contributed by atoms with Crippen molar-refractivity contribution in [2.45, 2.75) is 50.7 Å². The number of aliphatic imine (C=N–C) groups is 1. The molecule has 5 aromatic rings. The third-order valence-corrected chi connectivity index (χ3v) is 12.3. The van der Waals surface area contributed by atoms with Crippen LogP contribution >= 0.6 is 12.6 Å². The summed E-state index contributed by atoms with van der Waals surface area (Å²) in [4.78, 5) is 38.8. The second kappa shape index (κ2) is 21.8. The van der Waals surface area contributed by atoms with Crippen LogP contribution in [-0.2, 0) is 40.3 Å². The molecular formula is C53H61N5O9S. The molecule has 0 aromatic heterocycles. The highest BCUT2D eigenvalue weighted by Crippen LogP contribution is 2.42. The number of rotatable bonds is 22. The number of anilines is 4. The van der Waals surface area contributed by atoms with Crippen molar-refractivity contribution in [2.24, 2.45) is 4.99 Å². The van der Waals surface area contributed by atoms with Crippen LogP contribution in [0.4, 0.5) is 28.4 Å². The summed E-state index contributed by atoms with van der Waals surface area (Å²) < 4.78 is 41.2. The Morgan fingerprint density at radius 3 is 2.13 bits per heavy atom. The number of nitrogens with zero attached hydrogens (tertiary/aromatic N) is 4. The molecule has 358 valence electrons. The molecule has 0 saturated heterocycles. The van der Waals surface area contributed by atoms with Gasteiger partial charge >= 0.3 is 0 Å². The molecule has 14 nitrogen and oxygen atoms in total. The Morgan fingerprint density at radius 1 is 0.794 bits per heavy atom. The number of thiol groups is 1. The van der Waals surface area contributed by atoms with Crippen molar-refractivity contribution in [2.75, 3.05) is 101 Å². The first-order valence-corrected chi connectivity index (χ1v) is 23.4. The van der Waals surface area contributed by atoms with Crippen molar-refractivity contribution in [3.05, 3.63) is 124 Å². The van der Waals surface area contributed by atoms with Crippen molar-refractivity contribution in [1.82, 2.24) is 0 Å². The van der Waals surface area contributed by atoms with Crippen LogP contribution in [0.3, 0.4) is 0 Å². The summed E-state index contributed by atoms with van der Waals surface area (Å²) in [5.74, 6) is 1.52. The second-order valence-electron chi connectivity index (χ2n) is 17.5. The number of para-hydroxylation sites is 2. The minimum atomic E-state index is -0.357. The topological polar surface area (TPSA) is 133 Å². The van der Waals surface area contributed by atoms with E-state index in [1.54, 1.807) is 46.6 Å². The Labute approximate surface area is 404 Å². The predicted octanol–water partition coefficient (Wildman–Crippen LogP) is 8.59. The SMILES string of the molecule is CNc1cc(OCc2cc(COc3cc4c(cc3OC)C(=O)N3c5ccccc5C[C@H]3C=N4)cc(N(CCOCCOCCOC)CC(C)(C)S)c2)c(OC)cc1C(=O)N1CCc2ccccc21. The zero-order valence-corrected chi connectivity index (χ0v) is 40.6. The Balaban J connectivity index is 1.06. The largest absolute Gasteiger partial charge is 0.493 e. The van der Waals surface area contributed by atoms with E-state index in [1.807, 2.05) is 64.5 Å². The number of hydrogen-bond donors (Lipinski definition) is 2. The Kier molecular flexibility index (Phi) is 15.4. The molecule has 0 spiro atoms. The van der Waals surface area contributed by atoms with E-state index >= 15 is 0 Å². The predicted molar refractivity (Wildman–Crippen MR) is 270 cm³/mol. The minimum Gasteiger partial charge on any atom is -0.493 e. The van der Waals surface area contributed by atoms with Crippen molar-refractivity contribution < 1.29 is 42.7 Å². The molecule has 15 heteroatoms. The lowest BCUT2D eigenvalue weighted by molar-refractivity contribution is 0.0264. The average molecular weight is 944 g/mol. The molecular weight excluding hydrogens is 883 g/mol. The van der Waals surface area contributed by atoms with Crippen molar-refractivity contribution in [1.29, 1.82) is 0 Å². The van der Waals surface area contributed by atoms with Gasteiger partial charge in [-0.2, -0.15) is 12.6 Å². The average Bonchev–Trinajstić information content (AvgIpc) is 3.92. The third kappa shape index (κ3) is 11.0. The number of carbonyl (C=O) groups is 2. The fraction of sp³-hybridized carbons (Fsp3) is 0.377. The number of fused-ring (bicyclic) bond motifs is 5. The van der Waals surface area contributed by atoms with Crippen LogP contribution in [0.2, 0.25) is 0 Å². The van der Waals surface area contributed by atoms with Crippen LogP contribution in [-0.4, -0.2) is 110 Å². The van der Waals surface area contributed by atoms with Crippen LogP contribution in [0, 0.1) is 0 Å². The first-order chi connectivity index (χ1) is 33.0. The summed E-state index contributed by atoms with van der Waals surface area (Å²) in [6.07, 6.45) is 3.34. The number of nitrogens with one attached hydrogen (secondary N) is 1. The highest BCUT2D eigenvalue weighted by atomic mass is 32.1. The number of ether oxygens (including phenoxy) is 7. The van der Waals surface area contributed by atoms with Crippen molar-refractivity contribution >= 4 is 59.1 Å². The van der Waals surface area contributed by atoms with Gasteiger partial charge in [0.05, 0.1) is 75.8 Å². The van der Waals surface area contributed by atoms with Gasteiger partial charge in [-0.15, -0.1) is 0 Å². The van der Waals surface area contributed by atoms with Crippen molar-refractivity contribution in [3.63, 3.8) is 0 Å². The monoisotopic (exact) mass is 943 g/mol. The molecule has 8 rings (SSSR count). The first-order valence-electron chi connectivity index (χ1n) is 23.0. The van der Waals surface area contributed by atoms with E-state index in [0.717, 1.165) is 45.7 Å². The molecule has 0 saturated carbocycles. The summed E-state index contributed by atoms with van der Waals surface area (Å²) >= 11 is 4.94. The number of carbonyl (C=O) groups excluding carboxylic acids is 2. The van der Waals surface area contributed by atoms with Gasteiger partial charge in [0.25, 0.3) is 11.8 Å². The maximum Gasteiger partial charge on any atom is 0.261 e. The van der Waals surface area contributed by atoms with Gasteiger partial charge in [-0.05, 0) is 85.0 Å². The molecule has 3 aliphatic rings. The highest BCUT2D eigenvalue weighted by molar-refractivity contribution is 7.81. The zero-order valence-electron chi connectivity index (χ0n) is 39.7. The van der Waals surface area contributed by atoms with Crippen molar-refractivity contribution in [3.8, 4) is 23.0 Å². The molecule has 3 heterocycles. The lowest BCUT2D eigenvalue weighted by atomic mass is 10.1. The number of hydrogen-bond acceptors (Lipinski definition) is 13. The zero-order chi connectivity index (χ0) is 47.8. The van der Waals surface area contributed by atoms with Crippen LogP contribution in [0.15, 0.2) is 96.0 Å². The molecule has 2 amide bonds. The summed E-state index contributed by atoms with van der Waals surface area (Å²) in [6, 6.07) is 29.1. The quantitative estimate of drug-likeness (QED) is 0.0511. The van der Waals surface area contributed by atoms with Crippen LogP contribution in [0.25, 0.3) is 0 Å². The molecule has 1 N–H and O–H groups in total. The third-order valence-electron chi connectivity index (χ3n) is 12.1.